The number of carbonyl (C=O) groups excluding carboxylic acids is 1. The Bertz CT molecular complexity index is 1000. The molecule has 2 aromatic carbocycles. The highest BCUT2D eigenvalue weighted by Gasteiger charge is 2.43. The second-order valence-electron chi connectivity index (χ2n) is 5.76. The smallest absolute Gasteiger partial charge is 0.395 e. The summed E-state index contributed by atoms with van der Waals surface area (Å²) < 4.78 is 35.4. The Hall–Kier alpha value is -2.93. The van der Waals surface area contributed by atoms with E-state index in [0.29, 0.717) is 21.7 Å². The van der Waals surface area contributed by atoms with Crippen molar-refractivity contribution in [3.63, 3.8) is 0 Å². The Morgan fingerprint density at radius 3 is 2.62 bits per heavy atom. The number of ether oxygens (including phenoxy) is 2. The Morgan fingerprint density at radius 2 is 1.85 bits per heavy atom. The van der Waals surface area contributed by atoms with Gasteiger partial charge in [-0.1, -0.05) is 24.3 Å². The zero-order chi connectivity index (χ0) is 18.3. The molecule has 1 aliphatic rings. The number of benzene rings is 2. The highest BCUT2D eigenvalue weighted by atomic mass is 32.1. The standard InChI is InChI=1S/C19H13F2NO3S/c1-11-8-9-26-17(11)18(23)22-14-5-3-2-4-13(14)12-6-7-15-16(10-12)25-19(20,21)24-15/h2-10H,1H3,(H,22,23). The first kappa shape index (κ1) is 16.5. The number of nitrogens with one attached hydrogen (secondary N) is 1. The van der Waals surface area contributed by atoms with Crippen molar-refractivity contribution >= 4 is 22.9 Å². The van der Waals surface area contributed by atoms with Gasteiger partial charge < -0.3 is 14.8 Å². The third-order valence-electron chi connectivity index (χ3n) is 3.96. The summed E-state index contributed by atoms with van der Waals surface area (Å²) in [7, 11) is 0. The molecule has 0 spiro atoms. The molecule has 132 valence electrons. The number of anilines is 1. The van der Waals surface area contributed by atoms with Gasteiger partial charge in [-0.05, 0) is 47.7 Å². The van der Waals surface area contributed by atoms with Crippen molar-refractivity contribution in [1.29, 1.82) is 0 Å². The number of hydrogen-bond donors (Lipinski definition) is 1. The lowest BCUT2D eigenvalue weighted by atomic mass is 10.0. The fourth-order valence-electron chi connectivity index (χ4n) is 2.74. The zero-order valence-corrected chi connectivity index (χ0v) is 14.4. The molecule has 0 bridgehead atoms. The van der Waals surface area contributed by atoms with Gasteiger partial charge in [-0.25, -0.2) is 0 Å². The Kier molecular flexibility index (Phi) is 3.88. The van der Waals surface area contributed by atoms with Crippen molar-refractivity contribution in [2.45, 2.75) is 13.2 Å². The summed E-state index contributed by atoms with van der Waals surface area (Å²) in [4.78, 5) is 13.1. The predicted octanol–water partition coefficient (Wildman–Crippen LogP) is 5.30. The summed E-state index contributed by atoms with van der Waals surface area (Å²) in [5, 5.41) is 4.74. The van der Waals surface area contributed by atoms with Crippen molar-refractivity contribution in [3.05, 3.63) is 64.4 Å². The molecule has 0 saturated carbocycles. The number of alkyl halides is 2. The molecule has 0 fully saturated rings. The maximum Gasteiger partial charge on any atom is 0.586 e. The molecular formula is C19H13F2NO3S. The summed E-state index contributed by atoms with van der Waals surface area (Å²) in [6.07, 6.45) is -3.66. The third-order valence-corrected chi connectivity index (χ3v) is 4.97. The van der Waals surface area contributed by atoms with Crippen LogP contribution in [0, 0.1) is 6.92 Å². The molecule has 1 N–H and O–H groups in total. The first-order valence-electron chi connectivity index (χ1n) is 7.78. The molecule has 3 aromatic rings. The van der Waals surface area contributed by atoms with Crippen molar-refractivity contribution in [2.24, 2.45) is 0 Å². The van der Waals surface area contributed by atoms with Gasteiger partial charge in [0.15, 0.2) is 11.5 Å². The first-order valence-corrected chi connectivity index (χ1v) is 8.66. The van der Waals surface area contributed by atoms with E-state index in [1.807, 2.05) is 18.4 Å². The van der Waals surface area contributed by atoms with Crippen LogP contribution in [-0.2, 0) is 0 Å². The van der Waals surface area contributed by atoms with Gasteiger partial charge in [0.25, 0.3) is 5.91 Å². The number of amides is 1. The van der Waals surface area contributed by atoms with Crippen LogP contribution >= 0.6 is 11.3 Å². The van der Waals surface area contributed by atoms with Crippen LogP contribution in [-0.4, -0.2) is 12.2 Å². The van der Waals surface area contributed by atoms with Gasteiger partial charge in [0.1, 0.15) is 0 Å². The van der Waals surface area contributed by atoms with E-state index in [-0.39, 0.29) is 17.4 Å². The lowest BCUT2D eigenvalue weighted by molar-refractivity contribution is -0.286. The first-order chi connectivity index (χ1) is 12.4. The average Bonchev–Trinajstić information content (AvgIpc) is 3.15. The monoisotopic (exact) mass is 373 g/mol. The highest BCUT2D eigenvalue weighted by Crippen LogP contribution is 2.43. The van der Waals surface area contributed by atoms with Crippen molar-refractivity contribution in [3.8, 4) is 22.6 Å². The molecule has 1 aromatic heterocycles. The van der Waals surface area contributed by atoms with E-state index in [2.05, 4.69) is 14.8 Å². The number of thiophene rings is 1. The minimum absolute atomic E-state index is 0.0190. The Balaban J connectivity index is 1.67. The third kappa shape index (κ3) is 3.01. The number of fused-ring (bicyclic) bond motifs is 1. The molecule has 4 nitrogen and oxygen atoms in total. The highest BCUT2D eigenvalue weighted by molar-refractivity contribution is 7.12. The molecule has 1 aliphatic heterocycles. The van der Waals surface area contributed by atoms with Crippen molar-refractivity contribution < 1.29 is 23.0 Å². The van der Waals surface area contributed by atoms with E-state index >= 15 is 0 Å². The molecule has 4 rings (SSSR count). The van der Waals surface area contributed by atoms with Gasteiger partial charge in [-0.3, -0.25) is 4.79 Å². The van der Waals surface area contributed by atoms with Gasteiger partial charge in [-0.15, -0.1) is 20.1 Å². The van der Waals surface area contributed by atoms with Gasteiger partial charge in [0.2, 0.25) is 0 Å². The Labute approximate surface area is 152 Å². The van der Waals surface area contributed by atoms with Crippen molar-refractivity contribution in [2.75, 3.05) is 5.32 Å². The van der Waals surface area contributed by atoms with Crippen LogP contribution in [0.5, 0.6) is 11.5 Å². The number of hydrogen-bond acceptors (Lipinski definition) is 4. The quantitative estimate of drug-likeness (QED) is 0.678. The maximum atomic E-state index is 13.2. The second-order valence-corrected chi connectivity index (χ2v) is 6.68. The molecular weight excluding hydrogens is 360 g/mol. The summed E-state index contributed by atoms with van der Waals surface area (Å²) in [5.74, 6) is -0.269. The van der Waals surface area contributed by atoms with Crippen LogP contribution in [0.3, 0.4) is 0 Å². The lowest BCUT2D eigenvalue weighted by Gasteiger charge is -2.11. The summed E-state index contributed by atoms with van der Waals surface area (Å²) in [6, 6.07) is 13.6. The normalized spacial score (nSPS) is 14.3. The van der Waals surface area contributed by atoms with E-state index in [4.69, 9.17) is 0 Å². The number of para-hydroxylation sites is 1. The average molecular weight is 373 g/mol. The van der Waals surface area contributed by atoms with E-state index in [1.165, 1.54) is 23.5 Å². The van der Waals surface area contributed by atoms with Gasteiger partial charge in [-0.2, -0.15) is 0 Å². The van der Waals surface area contributed by atoms with Crippen LogP contribution in [0.2, 0.25) is 0 Å². The van der Waals surface area contributed by atoms with Crippen LogP contribution in [0.1, 0.15) is 15.2 Å². The SMILES string of the molecule is Cc1ccsc1C(=O)Nc1ccccc1-c1ccc2c(c1)OC(F)(F)O2. The second kappa shape index (κ2) is 6.10. The number of rotatable bonds is 3. The topological polar surface area (TPSA) is 47.6 Å². The van der Waals surface area contributed by atoms with E-state index < -0.39 is 6.29 Å². The molecule has 0 radical (unpaired) electrons. The molecule has 1 amide bonds. The van der Waals surface area contributed by atoms with Crippen LogP contribution < -0.4 is 14.8 Å². The molecule has 0 unspecified atom stereocenters. The largest absolute Gasteiger partial charge is 0.586 e. The molecule has 26 heavy (non-hydrogen) atoms. The van der Waals surface area contributed by atoms with Crippen LogP contribution in [0.25, 0.3) is 11.1 Å². The summed E-state index contributed by atoms with van der Waals surface area (Å²) in [5.41, 5.74) is 2.80. The minimum Gasteiger partial charge on any atom is -0.395 e. The molecule has 0 saturated heterocycles. The Morgan fingerprint density at radius 1 is 1.08 bits per heavy atom. The number of carbonyl (C=O) groups is 1. The van der Waals surface area contributed by atoms with E-state index in [1.54, 1.807) is 30.3 Å². The molecule has 7 heteroatoms. The predicted molar refractivity (Wildman–Crippen MR) is 95.1 cm³/mol. The fraction of sp³-hybridized carbons (Fsp3) is 0.105. The lowest BCUT2D eigenvalue weighted by Crippen LogP contribution is -2.25. The number of aryl methyl sites for hydroxylation is 1. The summed E-state index contributed by atoms with van der Waals surface area (Å²) in [6.45, 7) is 1.87. The van der Waals surface area contributed by atoms with Crippen molar-refractivity contribution in [1.82, 2.24) is 0 Å². The fourth-order valence-corrected chi connectivity index (χ4v) is 3.57. The van der Waals surface area contributed by atoms with E-state index in [9.17, 15) is 13.6 Å². The zero-order valence-electron chi connectivity index (χ0n) is 13.6. The van der Waals surface area contributed by atoms with Gasteiger partial charge in [0.05, 0.1) is 4.88 Å². The van der Waals surface area contributed by atoms with Gasteiger partial charge in [0, 0.05) is 11.3 Å². The minimum atomic E-state index is -3.66. The van der Waals surface area contributed by atoms with E-state index in [0.717, 1.165) is 5.56 Å². The van der Waals surface area contributed by atoms with Crippen LogP contribution in [0.15, 0.2) is 53.9 Å². The summed E-state index contributed by atoms with van der Waals surface area (Å²) >= 11 is 1.36. The van der Waals surface area contributed by atoms with Gasteiger partial charge >= 0.3 is 6.29 Å². The molecule has 0 atom stereocenters. The number of halogens is 2. The molecule has 0 aliphatic carbocycles. The van der Waals surface area contributed by atoms with Crippen LogP contribution in [0.4, 0.5) is 14.5 Å². The maximum absolute atomic E-state index is 13.2. The molecule has 2 heterocycles.